The van der Waals surface area contributed by atoms with E-state index < -0.39 is 10.8 Å². The van der Waals surface area contributed by atoms with Crippen LogP contribution in [0, 0.1) is 0 Å². The summed E-state index contributed by atoms with van der Waals surface area (Å²) in [7, 11) is -1.02. The average Bonchev–Trinajstić information content (AvgIpc) is 2.48. The Labute approximate surface area is 114 Å². The smallest absolute Gasteiger partial charge is 0.0814 e. The van der Waals surface area contributed by atoms with E-state index >= 15 is 0 Å². The number of benzene rings is 2. The number of hydrogen-bond donors (Lipinski definition) is 1. The number of nitrogens with one attached hydrogen (secondary N) is 1. The van der Waals surface area contributed by atoms with Crippen LogP contribution in [-0.4, -0.2) is 16.2 Å². The lowest BCUT2D eigenvalue weighted by atomic mass is 10.0. The van der Waals surface area contributed by atoms with Crippen molar-refractivity contribution < 1.29 is 4.21 Å². The second-order valence-electron chi connectivity index (χ2n) is 4.39. The van der Waals surface area contributed by atoms with E-state index in [-0.39, 0.29) is 6.04 Å². The zero-order valence-electron chi connectivity index (χ0n) is 10.3. The van der Waals surface area contributed by atoms with Crippen LogP contribution in [0.2, 0.25) is 0 Å². The Bertz CT molecular complexity index is 625. The van der Waals surface area contributed by atoms with E-state index in [4.69, 9.17) is 0 Å². The van der Waals surface area contributed by atoms with Gasteiger partial charge in [0.25, 0.3) is 0 Å². The van der Waals surface area contributed by atoms with Crippen molar-refractivity contribution in [2.45, 2.75) is 10.9 Å². The Hall–Kier alpha value is -1.94. The Kier molecular flexibility index (Phi) is 3.42. The molecule has 3 nitrogen and oxygen atoms in total. The quantitative estimate of drug-likeness (QED) is 0.931. The van der Waals surface area contributed by atoms with Gasteiger partial charge in [-0.3, -0.25) is 4.21 Å². The van der Waals surface area contributed by atoms with Crippen molar-refractivity contribution in [3.63, 3.8) is 0 Å². The van der Waals surface area contributed by atoms with Crippen molar-refractivity contribution in [2.24, 2.45) is 5.10 Å². The fraction of sp³-hybridized carbons (Fsp3) is 0.133. The third-order valence-electron chi connectivity index (χ3n) is 3.13. The lowest BCUT2D eigenvalue weighted by Gasteiger charge is -2.22. The van der Waals surface area contributed by atoms with Gasteiger partial charge >= 0.3 is 0 Å². The molecular weight excluding hydrogens is 256 g/mol. The molecule has 2 atom stereocenters. The summed E-state index contributed by atoms with van der Waals surface area (Å²) in [5, 5.41) is 4.14. The summed E-state index contributed by atoms with van der Waals surface area (Å²) < 4.78 is 12.3. The molecule has 2 aromatic rings. The van der Waals surface area contributed by atoms with Crippen molar-refractivity contribution in [2.75, 3.05) is 5.75 Å². The maximum Gasteiger partial charge on any atom is 0.0814 e. The maximum atomic E-state index is 12.3. The number of rotatable bonds is 3. The fourth-order valence-electron chi connectivity index (χ4n) is 2.16. The fourth-order valence-corrected chi connectivity index (χ4v) is 3.37. The van der Waals surface area contributed by atoms with Gasteiger partial charge in [0.15, 0.2) is 0 Å². The molecule has 0 bridgehead atoms. The Morgan fingerprint density at radius 3 is 2.63 bits per heavy atom. The molecule has 96 valence electrons. The average molecular weight is 270 g/mol. The summed E-state index contributed by atoms with van der Waals surface area (Å²) in [6, 6.07) is 17.6. The van der Waals surface area contributed by atoms with E-state index in [1.54, 1.807) is 6.21 Å². The normalized spacial score (nSPS) is 18.4. The van der Waals surface area contributed by atoms with Crippen molar-refractivity contribution in [1.29, 1.82) is 0 Å². The standard InChI is InChI=1S/C15H14N2OS/c18-19(13-7-2-1-3-8-13)11-15-14-9-5-4-6-12(14)10-16-17-15/h1-10,15,17H,11H2. The van der Waals surface area contributed by atoms with E-state index in [0.29, 0.717) is 5.75 Å². The molecule has 0 fully saturated rings. The molecule has 0 spiro atoms. The highest BCUT2D eigenvalue weighted by Crippen LogP contribution is 2.22. The Morgan fingerprint density at radius 2 is 1.79 bits per heavy atom. The topological polar surface area (TPSA) is 41.5 Å². The molecular formula is C15H14N2OS. The van der Waals surface area contributed by atoms with Gasteiger partial charge in [-0.1, -0.05) is 42.5 Å². The molecule has 4 heteroatoms. The van der Waals surface area contributed by atoms with Gasteiger partial charge in [0.1, 0.15) is 0 Å². The van der Waals surface area contributed by atoms with Gasteiger partial charge < -0.3 is 5.43 Å². The monoisotopic (exact) mass is 270 g/mol. The van der Waals surface area contributed by atoms with Crippen molar-refractivity contribution >= 4 is 17.0 Å². The van der Waals surface area contributed by atoms with Crippen molar-refractivity contribution in [3.8, 4) is 0 Å². The first-order valence-corrected chi connectivity index (χ1v) is 7.47. The largest absolute Gasteiger partial charge is 0.302 e. The van der Waals surface area contributed by atoms with E-state index in [1.165, 1.54) is 0 Å². The highest BCUT2D eigenvalue weighted by Gasteiger charge is 2.20. The second-order valence-corrected chi connectivity index (χ2v) is 5.89. The highest BCUT2D eigenvalue weighted by atomic mass is 32.2. The van der Waals surface area contributed by atoms with Crippen LogP contribution in [0.3, 0.4) is 0 Å². The van der Waals surface area contributed by atoms with Crippen LogP contribution in [-0.2, 0) is 10.8 Å². The molecule has 0 saturated heterocycles. The van der Waals surface area contributed by atoms with Gasteiger partial charge in [-0.05, 0) is 23.3 Å². The van der Waals surface area contributed by atoms with Crippen LogP contribution in [0.4, 0.5) is 0 Å². The number of nitrogens with zero attached hydrogens (tertiary/aromatic N) is 1. The molecule has 3 rings (SSSR count). The highest BCUT2D eigenvalue weighted by molar-refractivity contribution is 7.85. The second kappa shape index (κ2) is 5.36. The Balaban J connectivity index is 1.82. The molecule has 0 aromatic heterocycles. The molecule has 1 aliphatic rings. The number of hydrogen-bond acceptors (Lipinski definition) is 3. The van der Waals surface area contributed by atoms with E-state index in [0.717, 1.165) is 16.0 Å². The van der Waals surface area contributed by atoms with Gasteiger partial charge in [-0.25, -0.2) is 0 Å². The lowest BCUT2D eigenvalue weighted by Crippen LogP contribution is -2.26. The summed E-state index contributed by atoms with van der Waals surface area (Å²) >= 11 is 0. The summed E-state index contributed by atoms with van der Waals surface area (Å²) in [5.41, 5.74) is 5.30. The van der Waals surface area contributed by atoms with E-state index in [1.807, 2.05) is 48.5 Å². The van der Waals surface area contributed by atoms with Gasteiger partial charge in [0, 0.05) is 4.90 Å². The third kappa shape index (κ3) is 2.58. The van der Waals surface area contributed by atoms with E-state index in [9.17, 15) is 4.21 Å². The summed E-state index contributed by atoms with van der Waals surface area (Å²) in [5.74, 6) is 0.526. The van der Waals surface area contributed by atoms with Crippen LogP contribution in [0.25, 0.3) is 0 Å². The summed E-state index contributed by atoms with van der Waals surface area (Å²) in [4.78, 5) is 0.858. The molecule has 1 heterocycles. The molecule has 19 heavy (non-hydrogen) atoms. The molecule has 1 aliphatic heterocycles. The molecule has 0 amide bonds. The Morgan fingerprint density at radius 1 is 1.05 bits per heavy atom. The zero-order chi connectivity index (χ0) is 13.1. The number of fused-ring (bicyclic) bond motifs is 1. The first-order valence-electron chi connectivity index (χ1n) is 6.15. The third-order valence-corrected chi connectivity index (χ3v) is 4.56. The molecule has 0 aliphatic carbocycles. The minimum absolute atomic E-state index is 0.00207. The zero-order valence-corrected chi connectivity index (χ0v) is 11.1. The minimum atomic E-state index is -1.02. The predicted molar refractivity (Wildman–Crippen MR) is 77.6 cm³/mol. The molecule has 0 radical (unpaired) electrons. The van der Waals surface area contributed by atoms with E-state index in [2.05, 4.69) is 16.6 Å². The summed E-state index contributed by atoms with van der Waals surface area (Å²) in [6.07, 6.45) is 1.80. The van der Waals surface area contributed by atoms with Gasteiger partial charge in [0.05, 0.1) is 28.8 Å². The maximum absolute atomic E-state index is 12.3. The predicted octanol–water partition coefficient (Wildman–Crippen LogP) is 2.47. The van der Waals surface area contributed by atoms with Crippen molar-refractivity contribution in [1.82, 2.24) is 5.43 Å². The molecule has 2 aromatic carbocycles. The minimum Gasteiger partial charge on any atom is -0.302 e. The first-order chi connectivity index (χ1) is 9.34. The van der Waals surface area contributed by atoms with Crippen LogP contribution in [0.1, 0.15) is 17.2 Å². The number of hydrazone groups is 1. The van der Waals surface area contributed by atoms with Crippen LogP contribution < -0.4 is 5.43 Å². The van der Waals surface area contributed by atoms with Crippen LogP contribution in [0.15, 0.2) is 64.6 Å². The van der Waals surface area contributed by atoms with Gasteiger partial charge in [-0.2, -0.15) is 5.10 Å². The van der Waals surface area contributed by atoms with Crippen molar-refractivity contribution in [3.05, 3.63) is 65.7 Å². The van der Waals surface area contributed by atoms with Gasteiger partial charge in [0.2, 0.25) is 0 Å². The molecule has 1 N–H and O–H groups in total. The van der Waals surface area contributed by atoms with Gasteiger partial charge in [-0.15, -0.1) is 0 Å². The SMILES string of the molecule is O=S(CC1NN=Cc2ccccc21)c1ccccc1. The summed E-state index contributed by atoms with van der Waals surface area (Å²) in [6.45, 7) is 0. The first kappa shape index (κ1) is 12.1. The van der Waals surface area contributed by atoms with Crippen LogP contribution >= 0.6 is 0 Å². The molecule has 0 saturated carbocycles. The van der Waals surface area contributed by atoms with Crippen LogP contribution in [0.5, 0.6) is 0 Å². The molecule has 2 unspecified atom stereocenters. The lowest BCUT2D eigenvalue weighted by molar-refractivity contribution is 0.594.